The van der Waals surface area contributed by atoms with E-state index < -0.39 is 18.6 Å². The number of alkyl halides is 3. The van der Waals surface area contributed by atoms with Gasteiger partial charge in [0.15, 0.2) is 0 Å². The molecule has 1 fully saturated rings. The molecule has 0 radical (unpaired) electrons. The second kappa shape index (κ2) is 5.87. The van der Waals surface area contributed by atoms with E-state index in [9.17, 15) is 18.0 Å². The molecular formula is C10H14F3N3O. The number of rotatable bonds is 3. The summed E-state index contributed by atoms with van der Waals surface area (Å²) >= 11 is 0. The summed E-state index contributed by atoms with van der Waals surface area (Å²) in [7, 11) is 0. The van der Waals surface area contributed by atoms with Crippen molar-refractivity contribution in [3.8, 4) is 6.07 Å². The summed E-state index contributed by atoms with van der Waals surface area (Å²) in [6.07, 6.45) is -2.80. The van der Waals surface area contributed by atoms with Gasteiger partial charge in [0.25, 0.3) is 0 Å². The Hall–Kier alpha value is -1.29. The van der Waals surface area contributed by atoms with E-state index in [2.05, 4.69) is 6.07 Å². The predicted octanol–water partition coefficient (Wildman–Crippen LogP) is 0.900. The first-order chi connectivity index (χ1) is 7.90. The minimum absolute atomic E-state index is 0.0751. The maximum absolute atomic E-state index is 11.8. The SMILES string of the molecule is N#CC1CCCN(CC(=O)NCC(F)(F)F)C1. The van der Waals surface area contributed by atoms with Gasteiger partial charge in [0.1, 0.15) is 6.54 Å². The molecule has 7 heteroatoms. The Morgan fingerprint density at radius 1 is 1.53 bits per heavy atom. The summed E-state index contributed by atoms with van der Waals surface area (Å²) in [6.45, 7) is -0.275. The third kappa shape index (κ3) is 5.54. The highest BCUT2D eigenvalue weighted by Gasteiger charge is 2.28. The fraction of sp³-hybridized carbons (Fsp3) is 0.800. The molecule has 1 saturated heterocycles. The largest absolute Gasteiger partial charge is 0.405 e. The number of nitriles is 1. The normalized spacial score (nSPS) is 21.9. The number of carbonyl (C=O) groups is 1. The van der Waals surface area contributed by atoms with Crippen molar-refractivity contribution >= 4 is 5.91 Å². The van der Waals surface area contributed by atoms with Gasteiger partial charge in [-0.05, 0) is 19.4 Å². The summed E-state index contributed by atoms with van der Waals surface area (Å²) in [5, 5.41) is 10.5. The number of carbonyl (C=O) groups excluding carboxylic acids is 1. The molecule has 1 N–H and O–H groups in total. The van der Waals surface area contributed by atoms with Crippen molar-refractivity contribution in [2.75, 3.05) is 26.2 Å². The van der Waals surface area contributed by atoms with Gasteiger partial charge < -0.3 is 5.32 Å². The molecule has 0 aliphatic carbocycles. The molecule has 1 unspecified atom stereocenters. The van der Waals surface area contributed by atoms with Crippen LogP contribution in [0.2, 0.25) is 0 Å². The van der Waals surface area contributed by atoms with Crippen LogP contribution in [0.5, 0.6) is 0 Å². The molecule has 1 aliphatic rings. The van der Waals surface area contributed by atoms with E-state index in [1.165, 1.54) is 0 Å². The van der Waals surface area contributed by atoms with Crippen molar-refractivity contribution in [1.29, 1.82) is 5.26 Å². The zero-order chi connectivity index (χ0) is 12.9. The molecule has 96 valence electrons. The highest BCUT2D eigenvalue weighted by molar-refractivity contribution is 5.78. The third-order valence-corrected chi connectivity index (χ3v) is 2.54. The Bertz CT molecular complexity index is 311. The smallest absolute Gasteiger partial charge is 0.346 e. The van der Waals surface area contributed by atoms with Crippen molar-refractivity contribution in [3.63, 3.8) is 0 Å². The fourth-order valence-electron chi connectivity index (χ4n) is 1.76. The molecule has 1 heterocycles. The zero-order valence-electron chi connectivity index (χ0n) is 9.26. The van der Waals surface area contributed by atoms with Crippen LogP contribution in [0.1, 0.15) is 12.8 Å². The number of halogens is 3. The lowest BCUT2D eigenvalue weighted by atomic mass is 10.00. The first-order valence-electron chi connectivity index (χ1n) is 5.36. The lowest BCUT2D eigenvalue weighted by Gasteiger charge is -2.28. The van der Waals surface area contributed by atoms with Gasteiger partial charge in [0.2, 0.25) is 5.91 Å². The number of piperidine rings is 1. The molecule has 17 heavy (non-hydrogen) atoms. The molecule has 0 saturated carbocycles. The summed E-state index contributed by atoms with van der Waals surface area (Å²) in [6, 6.07) is 2.11. The second-order valence-electron chi connectivity index (χ2n) is 4.10. The minimum Gasteiger partial charge on any atom is -0.346 e. The van der Waals surface area contributed by atoms with Crippen LogP contribution < -0.4 is 5.32 Å². The molecule has 0 aromatic carbocycles. The maximum atomic E-state index is 11.8. The predicted molar refractivity (Wildman–Crippen MR) is 53.8 cm³/mol. The highest BCUT2D eigenvalue weighted by atomic mass is 19.4. The maximum Gasteiger partial charge on any atom is 0.405 e. The van der Waals surface area contributed by atoms with E-state index in [0.29, 0.717) is 13.1 Å². The molecule has 0 aromatic rings. The van der Waals surface area contributed by atoms with Gasteiger partial charge in [0, 0.05) is 6.54 Å². The number of likely N-dealkylation sites (tertiary alicyclic amines) is 1. The van der Waals surface area contributed by atoms with Crippen LogP contribution in [0.3, 0.4) is 0 Å². The van der Waals surface area contributed by atoms with Gasteiger partial charge in [0.05, 0.1) is 18.5 Å². The van der Waals surface area contributed by atoms with Crippen LogP contribution in [0.15, 0.2) is 0 Å². The molecule has 1 atom stereocenters. The van der Waals surface area contributed by atoms with E-state index >= 15 is 0 Å². The average Bonchev–Trinajstić information content (AvgIpc) is 2.26. The van der Waals surface area contributed by atoms with Crippen molar-refractivity contribution in [2.45, 2.75) is 19.0 Å². The van der Waals surface area contributed by atoms with Gasteiger partial charge in [-0.25, -0.2) is 0 Å². The Morgan fingerprint density at radius 3 is 2.82 bits per heavy atom. The molecular weight excluding hydrogens is 235 g/mol. The lowest BCUT2D eigenvalue weighted by Crippen LogP contribution is -2.44. The van der Waals surface area contributed by atoms with Crippen molar-refractivity contribution < 1.29 is 18.0 Å². The van der Waals surface area contributed by atoms with E-state index in [4.69, 9.17) is 5.26 Å². The van der Waals surface area contributed by atoms with Crippen molar-refractivity contribution in [3.05, 3.63) is 0 Å². The van der Waals surface area contributed by atoms with Crippen LogP contribution in [0.25, 0.3) is 0 Å². The summed E-state index contributed by atoms with van der Waals surface area (Å²) in [4.78, 5) is 12.9. The van der Waals surface area contributed by atoms with Crippen LogP contribution >= 0.6 is 0 Å². The summed E-state index contributed by atoms with van der Waals surface area (Å²) in [5.74, 6) is -0.778. The van der Waals surface area contributed by atoms with E-state index in [-0.39, 0.29) is 12.5 Å². The van der Waals surface area contributed by atoms with Crippen LogP contribution in [0.4, 0.5) is 13.2 Å². The van der Waals surface area contributed by atoms with Gasteiger partial charge in [-0.2, -0.15) is 18.4 Å². The highest BCUT2D eigenvalue weighted by Crippen LogP contribution is 2.15. The Morgan fingerprint density at radius 2 is 2.24 bits per heavy atom. The standard InChI is InChI=1S/C10H14F3N3O/c11-10(12,13)7-15-9(17)6-16-3-1-2-8(4-14)5-16/h8H,1-3,5-7H2,(H,15,17). The molecule has 1 amide bonds. The average molecular weight is 249 g/mol. The van der Waals surface area contributed by atoms with Crippen molar-refractivity contribution in [2.24, 2.45) is 5.92 Å². The van der Waals surface area contributed by atoms with Gasteiger partial charge >= 0.3 is 6.18 Å². The van der Waals surface area contributed by atoms with Crippen LogP contribution in [-0.4, -0.2) is 43.2 Å². The Kier molecular flexibility index (Phi) is 4.75. The first kappa shape index (κ1) is 13.8. The monoisotopic (exact) mass is 249 g/mol. The van der Waals surface area contributed by atoms with Crippen molar-refractivity contribution in [1.82, 2.24) is 10.2 Å². The Balaban J connectivity index is 2.29. The molecule has 0 bridgehead atoms. The van der Waals surface area contributed by atoms with Gasteiger partial charge in [-0.3, -0.25) is 9.69 Å². The molecule has 0 aromatic heterocycles. The van der Waals surface area contributed by atoms with Crippen LogP contribution in [0, 0.1) is 17.2 Å². The summed E-state index contributed by atoms with van der Waals surface area (Å²) < 4.78 is 35.5. The fourth-order valence-corrected chi connectivity index (χ4v) is 1.76. The van der Waals surface area contributed by atoms with Gasteiger partial charge in [-0.15, -0.1) is 0 Å². The minimum atomic E-state index is -4.38. The second-order valence-corrected chi connectivity index (χ2v) is 4.10. The van der Waals surface area contributed by atoms with E-state index in [1.807, 2.05) is 5.32 Å². The molecule has 1 rings (SSSR count). The quantitative estimate of drug-likeness (QED) is 0.808. The number of nitrogens with one attached hydrogen (secondary N) is 1. The lowest BCUT2D eigenvalue weighted by molar-refractivity contribution is -0.139. The number of amides is 1. The Labute approximate surface area is 97.4 Å². The topological polar surface area (TPSA) is 56.1 Å². The summed E-state index contributed by atoms with van der Waals surface area (Å²) in [5.41, 5.74) is 0. The first-order valence-corrected chi connectivity index (χ1v) is 5.36. The molecule has 0 spiro atoms. The van der Waals surface area contributed by atoms with Gasteiger partial charge in [-0.1, -0.05) is 0 Å². The molecule has 4 nitrogen and oxygen atoms in total. The molecule has 1 aliphatic heterocycles. The number of nitrogens with zero attached hydrogens (tertiary/aromatic N) is 2. The van der Waals surface area contributed by atoms with E-state index in [1.54, 1.807) is 4.90 Å². The number of hydrogen-bond acceptors (Lipinski definition) is 3. The van der Waals surface area contributed by atoms with E-state index in [0.717, 1.165) is 12.8 Å². The zero-order valence-corrected chi connectivity index (χ0v) is 9.26. The number of hydrogen-bond donors (Lipinski definition) is 1. The van der Waals surface area contributed by atoms with Crippen LogP contribution in [-0.2, 0) is 4.79 Å². The third-order valence-electron chi connectivity index (χ3n) is 2.54.